The van der Waals surface area contributed by atoms with Crippen molar-refractivity contribution in [1.82, 2.24) is 20.1 Å². The molecule has 120 valence electrons. The Morgan fingerprint density at radius 3 is 2.74 bits per heavy atom. The number of amides is 2. The van der Waals surface area contributed by atoms with E-state index in [0.29, 0.717) is 25.9 Å². The Morgan fingerprint density at radius 1 is 1.26 bits per heavy atom. The first-order valence-corrected chi connectivity index (χ1v) is 7.71. The maximum atomic E-state index is 11.8. The number of anilines is 1. The van der Waals surface area contributed by atoms with E-state index in [2.05, 4.69) is 15.4 Å². The van der Waals surface area contributed by atoms with Crippen LogP contribution >= 0.6 is 0 Å². The van der Waals surface area contributed by atoms with Crippen molar-refractivity contribution >= 4 is 17.5 Å². The second-order valence-corrected chi connectivity index (χ2v) is 5.50. The fraction of sp³-hybridized carbons (Fsp3) is 0.375. The predicted octanol–water partition coefficient (Wildman–Crippen LogP) is 1.11. The highest BCUT2D eigenvalue weighted by atomic mass is 16.2. The van der Waals surface area contributed by atoms with E-state index in [1.54, 1.807) is 15.9 Å². The average Bonchev–Trinajstić information content (AvgIpc) is 3.23. The first-order valence-electron chi connectivity index (χ1n) is 7.71. The van der Waals surface area contributed by atoms with E-state index in [4.69, 9.17) is 0 Å². The number of nitrogens with zero attached hydrogens (tertiary/aromatic N) is 4. The third-order valence-electron chi connectivity index (χ3n) is 3.85. The SMILES string of the molecule is O=C(CCn1cncn1)NCc1ccc(N2CCCC2=O)cc1. The smallest absolute Gasteiger partial charge is 0.227 e. The van der Waals surface area contributed by atoms with Crippen molar-refractivity contribution in [3.63, 3.8) is 0 Å². The molecule has 1 aromatic heterocycles. The molecule has 0 radical (unpaired) electrons. The van der Waals surface area contributed by atoms with Gasteiger partial charge in [-0.1, -0.05) is 12.1 Å². The van der Waals surface area contributed by atoms with Gasteiger partial charge in [0.25, 0.3) is 0 Å². The fourth-order valence-electron chi connectivity index (χ4n) is 2.57. The molecule has 0 saturated carbocycles. The van der Waals surface area contributed by atoms with Crippen LogP contribution in [-0.4, -0.2) is 33.1 Å². The largest absolute Gasteiger partial charge is 0.352 e. The van der Waals surface area contributed by atoms with E-state index >= 15 is 0 Å². The van der Waals surface area contributed by atoms with Crippen molar-refractivity contribution in [1.29, 1.82) is 0 Å². The van der Waals surface area contributed by atoms with Crippen LogP contribution < -0.4 is 10.2 Å². The maximum absolute atomic E-state index is 11.8. The standard InChI is InChI=1S/C16H19N5O2/c22-15(7-9-20-12-17-11-19-20)18-10-13-3-5-14(6-4-13)21-8-1-2-16(21)23/h3-6,11-12H,1-2,7-10H2,(H,18,22). The number of hydrogen-bond acceptors (Lipinski definition) is 4. The minimum atomic E-state index is -0.0284. The lowest BCUT2D eigenvalue weighted by molar-refractivity contribution is -0.121. The molecule has 3 rings (SSSR count). The number of benzene rings is 1. The highest BCUT2D eigenvalue weighted by Gasteiger charge is 2.21. The summed E-state index contributed by atoms with van der Waals surface area (Å²) in [5.41, 5.74) is 1.93. The normalized spacial score (nSPS) is 14.3. The third-order valence-corrected chi connectivity index (χ3v) is 3.85. The Kier molecular flexibility index (Phi) is 4.65. The van der Waals surface area contributed by atoms with Gasteiger partial charge in [-0.3, -0.25) is 14.3 Å². The summed E-state index contributed by atoms with van der Waals surface area (Å²) in [7, 11) is 0. The monoisotopic (exact) mass is 313 g/mol. The number of nitrogens with one attached hydrogen (secondary N) is 1. The van der Waals surface area contributed by atoms with Crippen LogP contribution in [0.5, 0.6) is 0 Å². The fourth-order valence-corrected chi connectivity index (χ4v) is 2.57. The Morgan fingerprint density at radius 2 is 2.09 bits per heavy atom. The van der Waals surface area contributed by atoms with Crippen molar-refractivity contribution in [3.05, 3.63) is 42.5 Å². The van der Waals surface area contributed by atoms with Crippen molar-refractivity contribution in [3.8, 4) is 0 Å². The van der Waals surface area contributed by atoms with Crippen molar-refractivity contribution in [2.24, 2.45) is 0 Å². The van der Waals surface area contributed by atoms with Crippen molar-refractivity contribution in [2.75, 3.05) is 11.4 Å². The van der Waals surface area contributed by atoms with Gasteiger partial charge in [0.05, 0.1) is 6.54 Å². The third kappa shape index (κ3) is 3.94. The molecular weight excluding hydrogens is 294 g/mol. The first-order chi connectivity index (χ1) is 11.2. The molecule has 7 heteroatoms. The van der Waals surface area contributed by atoms with Crippen LogP contribution in [0, 0.1) is 0 Å². The molecular formula is C16H19N5O2. The van der Waals surface area contributed by atoms with Gasteiger partial charge in [-0.05, 0) is 24.1 Å². The van der Waals surface area contributed by atoms with Crippen LogP contribution in [0.1, 0.15) is 24.8 Å². The topological polar surface area (TPSA) is 80.1 Å². The zero-order chi connectivity index (χ0) is 16.1. The second-order valence-electron chi connectivity index (χ2n) is 5.50. The number of carbonyl (C=O) groups excluding carboxylic acids is 2. The molecule has 0 spiro atoms. The molecule has 1 aromatic carbocycles. The summed E-state index contributed by atoms with van der Waals surface area (Å²) in [5.74, 6) is 0.151. The van der Waals surface area contributed by atoms with Gasteiger partial charge >= 0.3 is 0 Å². The maximum Gasteiger partial charge on any atom is 0.227 e. The van der Waals surface area contributed by atoms with E-state index < -0.39 is 0 Å². The summed E-state index contributed by atoms with van der Waals surface area (Å²) in [4.78, 5) is 29.1. The van der Waals surface area contributed by atoms with Crippen LogP contribution in [0.4, 0.5) is 5.69 Å². The highest BCUT2D eigenvalue weighted by molar-refractivity contribution is 5.95. The van der Waals surface area contributed by atoms with Gasteiger partial charge in [-0.25, -0.2) is 4.98 Å². The molecule has 0 aliphatic carbocycles. The summed E-state index contributed by atoms with van der Waals surface area (Å²) in [6, 6.07) is 7.75. The zero-order valence-corrected chi connectivity index (χ0v) is 12.8. The lowest BCUT2D eigenvalue weighted by atomic mass is 10.2. The van der Waals surface area contributed by atoms with Crippen molar-refractivity contribution in [2.45, 2.75) is 32.4 Å². The molecule has 2 aromatic rings. The average molecular weight is 313 g/mol. The number of hydrogen-bond donors (Lipinski definition) is 1. The highest BCUT2D eigenvalue weighted by Crippen LogP contribution is 2.21. The summed E-state index contributed by atoms with van der Waals surface area (Å²) in [5, 5.41) is 6.83. The van der Waals surface area contributed by atoms with E-state index in [9.17, 15) is 9.59 Å². The predicted molar refractivity (Wildman–Crippen MR) is 84.5 cm³/mol. The van der Waals surface area contributed by atoms with Gasteiger partial charge in [0, 0.05) is 31.6 Å². The molecule has 0 atom stereocenters. The van der Waals surface area contributed by atoms with Crippen LogP contribution in [0.25, 0.3) is 0 Å². The van der Waals surface area contributed by atoms with Crippen LogP contribution in [0.2, 0.25) is 0 Å². The van der Waals surface area contributed by atoms with Crippen LogP contribution in [0.3, 0.4) is 0 Å². The van der Waals surface area contributed by atoms with E-state index in [0.717, 1.165) is 24.2 Å². The van der Waals surface area contributed by atoms with Crippen molar-refractivity contribution < 1.29 is 9.59 Å². The quantitative estimate of drug-likeness (QED) is 0.866. The summed E-state index contributed by atoms with van der Waals surface area (Å²) in [6.07, 6.45) is 4.95. The van der Waals surface area contributed by atoms with E-state index in [1.165, 1.54) is 6.33 Å². The van der Waals surface area contributed by atoms with Gasteiger partial charge in [0.1, 0.15) is 12.7 Å². The molecule has 2 amide bonds. The minimum Gasteiger partial charge on any atom is -0.352 e. The molecule has 0 unspecified atom stereocenters. The van der Waals surface area contributed by atoms with Gasteiger partial charge < -0.3 is 10.2 Å². The summed E-state index contributed by atoms with van der Waals surface area (Å²) < 4.78 is 1.63. The second kappa shape index (κ2) is 7.04. The van der Waals surface area contributed by atoms with E-state index in [-0.39, 0.29) is 11.8 Å². The van der Waals surface area contributed by atoms with Crippen LogP contribution in [-0.2, 0) is 22.7 Å². The molecule has 23 heavy (non-hydrogen) atoms. The molecule has 0 bridgehead atoms. The molecule has 1 N–H and O–H groups in total. The Labute approximate surface area is 134 Å². The molecule has 1 aliphatic rings. The number of aromatic nitrogens is 3. The molecule has 1 aliphatic heterocycles. The molecule has 1 saturated heterocycles. The molecule has 7 nitrogen and oxygen atoms in total. The summed E-state index contributed by atoms with van der Waals surface area (Å²) >= 11 is 0. The lowest BCUT2D eigenvalue weighted by Crippen LogP contribution is -2.25. The number of carbonyl (C=O) groups is 2. The Hall–Kier alpha value is -2.70. The van der Waals surface area contributed by atoms with Crippen LogP contribution in [0.15, 0.2) is 36.9 Å². The van der Waals surface area contributed by atoms with Gasteiger partial charge in [0.15, 0.2) is 0 Å². The molecule has 2 heterocycles. The van der Waals surface area contributed by atoms with Gasteiger partial charge in [-0.2, -0.15) is 5.10 Å². The Bertz CT molecular complexity index is 666. The minimum absolute atomic E-state index is 0.0284. The van der Waals surface area contributed by atoms with E-state index in [1.807, 2.05) is 24.3 Å². The zero-order valence-electron chi connectivity index (χ0n) is 12.8. The number of aryl methyl sites for hydroxylation is 1. The lowest BCUT2D eigenvalue weighted by Gasteiger charge is -2.16. The van der Waals surface area contributed by atoms with Gasteiger partial charge in [-0.15, -0.1) is 0 Å². The molecule has 1 fully saturated rings. The Balaban J connectivity index is 1.46. The summed E-state index contributed by atoms with van der Waals surface area (Å²) in [6.45, 7) is 1.78. The van der Waals surface area contributed by atoms with Gasteiger partial charge in [0.2, 0.25) is 11.8 Å². The number of rotatable bonds is 6. The first kappa shape index (κ1) is 15.2.